The molecule has 0 radical (unpaired) electrons. The second kappa shape index (κ2) is 4.55. The molecule has 6 heteroatoms. The van der Waals surface area contributed by atoms with Crippen molar-refractivity contribution in [3.05, 3.63) is 0 Å². The first kappa shape index (κ1) is 11.6. The maximum atomic E-state index is 11.7. The number of carbonyl (C=O) groups is 3. The summed E-state index contributed by atoms with van der Waals surface area (Å²) in [6, 6.07) is -0.0983. The third kappa shape index (κ3) is 1.99. The second-order valence-corrected chi connectivity index (χ2v) is 5.32. The first-order chi connectivity index (χ1) is 7.63. The molecule has 5 nitrogen and oxygen atoms in total. The molecule has 88 valence electrons. The lowest BCUT2D eigenvalue weighted by molar-refractivity contribution is -0.136. The number of amides is 2. The predicted octanol–water partition coefficient (Wildman–Crippen LogP) is 0.0552. The van der Waals surface area contributed by atoms with Crippen molar-refractivity contribution in [2.24, 2.45) is 0 Å². The molecule has 0 N–H and O–H groups in total. The number of aldehydes is 1. The molecule has 0 saturated carbocycles. The van der Waals surface area contributed by atoms with Crippen molar-refractivity contribution < 1.29 is 14.4 Å². The molecular weight excluding hydrogens is 228 g/mol. The van der Waals surface area contributed by atoms with Gasteiger partial charge in [0.1, 0.15) is 11.5 Å². The third-order valence-corrected chi connectivity index (χ3v) is 4.36. The first-order valence-electron chi connectivity index (χ1n) is 5.32. The number of nitrogens with zero attached hydrogens (tertiary/aromatic N) is 2. The molecule has 0 aliphatic carbocycles. The van der Waals surface area contributed by atoms with Gasteiger partial charge in [0.05, 0.1) is 6.04 Å². The van der Waals surface area contributed by atoms with E-state index in [1.807, 2.05) is 4.31 Å². The van der Waals surface area contributed by atoms with E-state index in [-0.39, 0.29) is 29.5 Å². The van der Waals surface area contributed by atoms with Gasteiger partial charge >= 0.3 is 0 Å². The third-order valence-electron chi connectivity index (χ3n) is 3.01. The average molecular weight is 242 g/mol. The van der Waals surface area contributed by atoms with Crippen molar-refractivity contribution in [1.29, 1.82) is 0 Å². The fourth-order valence-electron chi connectivity index (χ4n) is 2.00. The summed E-state index contributed by atoms with van der Waals surface area (Å²) in [6.45, 7) is 0.815. The zero-order valence-electron chi connectivity index (χ0n) is 9.09. The van der Waals surface area contributed by atoms with Gasteiger partial charge in [-0.2, -0.15) is 0 Å². The lowest BCUT2D eigenvalue weighted by Gasteiger charge is -2.21. The molecule has 0 aromatic rings. The van der Waals surface area contributed by atoms with E-state index in [0.29, 0.717) is 0 Å². The van der Waals surface area contributed by atoms with Crippen LogP contribution in [0.1, 0.15) is 19.3 Å². The molecule has 2 aliphatic heterocycles. The quantitative estimate of drug-likeness (QED) is 0.398. The Bertz CT molecular complexity index is 334. The number of rotatable bonds is 3. The Morgan fingerprint density at radius 1 is 1.44 bits per heavy atom. The zero-order chi connectivity index (χ0) is 11.7. The summed E-state index contributed by atoms with van der Waals surface area (Å²) in [6.07, 6.45) is 3.00. The zero-order valence-corrected chi connectivity index (χ0v) is 9.90. The van der Waals surface area contributed by atoms with E-state index >= 15 is 0 Å². The minimum Gasteiger partial charge on any atom is -0.302 e. The average Bonchev–Trinajstić information content (AvgIpc) is 2.81. The van der Waals surface area contributed by atoms with Gasteiger partial charge in [-0.3, -0.25) is 14.5 Å². The molecule has 2 amide bonds. The predicted molar refractivity (Wildman–Crippen MR) is 59.6 cm³/mol. The van der Waals surface area contributed by atoms with E-state index in [1.54, 1.807) is 0 Å². The minimum atomic E-state index is -0.335. The van der Waals surface area contributed by atoms with Crippen LogP contribution in [0.25, 0.3) is 0 Å². The van der Waals surface area contributed by atoms with Crippen LogP contribution in [-0.2, 0) is 14.4 Å². The highest BCUT2D eigenvalue weighted by Gasteiger charge is 2.39. The number of imide groups is 1. The Kier molecular flexibility index (Phi) is 3.30. The molecule has 2 saturated heterocycles. The number of hydrogen-bond acceptors (Lipinski definition) is 5. The van der Waals surface area contributed by atoms with Crippen molar-refractivity contribution in [3.8, 4) is 0 Å². The summed E-state index contributed by atoms with van der Waals surface area (Å²) in [7, 11) is 1.51. The summed E-state index contributed by atoms with van der Waals surface area (Å²) >= 11 is 1.35. The number of carbonyl (C=O) groups excluding carboxylic acids is 3. The maximum Gasteiger partial charge on any atom is 0.243 e. The lowest BCUT2D eigenvalue weighted by atomic mass is 10.2. The van der Waals surface area contributed by atoms with Gasteiger partial charge < -0.3 is 4.79 Å². The monoisotopic (exact) mass is 242 g/mol. The van der Waals surface area contributed by atoms with E-state index in [4.69, 9.17) is 0 Å². The lowest BCUT2D eigenvalue weighted by Crippen LogP contribution is -2.31. The summed E-state index contributed by atoms with van der Waals surface area (Å²) in [5, 5.41) is -0.335. The summed E-state index contributed by atoms with van der Waals surface area (Å²) in [5.74, 6) is -0.282. The maximum absolute atomic E-state index is 11.7. The number of likely N-dealkylation sites (tertiary alicyclic amines) is 1. The van der Waals surface area contributed by atoms with Crippen molar-refractivity contribution in [2.75, 3.05) is 13.6 Å². The molecular formula is C10H14N2O3S. The Labute approximate surface area is 98.3 Å². The van der Waals surface area contributed by atoms with E-state index in [2.05, 4.69) is 0 Å². The second-order valence-electron chi connectivity index (χ2n) is 4.08. The molecule has 1 unspecified atom stereocenters. The molecule has 2 aliphatic rings. The van der Waals surface area contributed by atoms with Gasteiger partial charge in [-0.1, -0.05) is 11.9 Å². The molecule has 2 rings (SSSR count). The van der Waals surface area contributed by atoms with Gasteiger partial charge in [-0.25, -0.2) is 4.31 Å². The fourth-order valence-corrected chi connectivity index (χ4v) is 3.34. The van der Waals surface area contributed by atoms with Crippen molar-refractivity contribution in [3.63, 3.8) is 0 Å². The van der Waals surface area contributed by atoms with Gasteiger partial charge in [0.2, 0.25) is 11.8 Å². The molecule has 2 heterocycles. The Morgan fingerprint density at radius 3 is 2.75 bits per heavy atom. The van der Waals surface area contributed by atoms with Gasteiger partial charge in [0, 0.05) is 20.0 Å². The van der Waals surface area contributed by atoms with Crippen molar-refractivity contribution in [2.45, 2.75) is 30.6 Å². The van der Waals surface area contributed by atoms with Crippen LogP contribution in [0.3, 0.4) is 0 Å². The Morgan fingerprint density at radius 2 is 2.19 bits per heavy atom. The van der Waals surface area contributed by atoms with E-state index in [0.717, 1.165) is 25.7 Å². The molecule has 0 aromatic heterocycles. The number of hydrogen-bond donors (Lipinski definition) is 0. The normalized spacial score (nSPS) is 31.4. The van der Waals surface area contributed by atoms with Crippen LogP contribution in [-0.4, -0.2) is 52.2 Å². The SMILES string of the molecule is CN1C(=O)CC(SN2CCC[C@H]2C=O)C1=O. The Hall–Kier alpha value is -0.880. The summed E-state index contributed by atoms with van der Waals surface area (Å²) < 4.78 is 1.93. The van der Waals surface area contributed by atoms with Crippen LogP contribution in [0.5, 0.6) is 0 Å². The highest BCUT2D eigenvalue weighted by atomic mass is 32.2. The highest BCUT2D eigenvalue weighted by molar-refractivity contribution is 7.98. The van der Waals surface area contributed by atoms with Crippen molar-refractivity contribution >= 4 is 30.0 Å². The van der Waals surface area contributed by atoms with E-state index in [1.165, 1.54) is 23.9 Å². The van der Waals surface area contributed by atoms with Gasteiger partial charge in [-0.05, 0) is 12.8 Å². The van der Waals surface area contributed by atoms with Crippen LogP contribution in [0.2, 0.25) is 0 Å². The van der Waals surface area contributed by atoms with Crippen LogP contribution in [0.4, 0.5) is 0 Å². The largest absolute Gasteiger partial charge is 0.302 e. The van der Waals surface area contributed by atoms with Gasteiger partial charge in [-0.15, -0.1) is 0 Å². The van der Waals surface area contributed by atoms with Gasteiger partial charge in [0.15, 0.2) is 0 Å². The highest BCUT2D eigenvalue weighted by Crippen LogP contribution is 2.32. The molecule has 0 aromatic carbocycles. The first-order valence-corrected chi connectivity index (χ1v) is 6.16. The van der Waals surface area contributed by atoms with Crippen LogP contribution in [0.15, 0.2) is 0 Å². The Balaban J connectivity index is 1.98. The topological polar surface area (TPSA) is 57.7 Å². The molecule has 2 atom stereocenters. The smallest absolute Gasteiger partial charge is 0.243 e. The van der Waals surface area contributed by atoms with Gasteiger partial charge in [0.25, 0.3) is 0 Å². The standard InChI is InChI=1S/C10H14N2O3S/c1-11-9(14)5-8(10(11)15)16-12-4-2-3-7(12)6-13/h6-8H,2-5H2,1H3/t7-,8?/m0/s1. The molecule has 0 spiro atoms. The van der Waals surface area contributed by atoms with Crippen molar-refractivity contribution in [1.82, 2.24) is 9.21 Å². The molecule has 16 heavy (non-hydrogen) atoms. The fraction of sp³-hybridized carbons (Fsp3) is 0.700. The van der Waals surface area contributed by atoms with Crippen LogP contribution in [0, 0.1) is 0 Å². The minimum absolute atomic E-state index is 0.0983. The molecule has 0 bridgehead atoms. The molecule has 2 fully saturated rings. The van der Waals surface area contributed by atoms with E-state index < -0.39 is 0 Å². The van der Waals surface area contributed by atoms with Crippen LogP contribution < -0.4 is 0 Å². The summed E-state index contributed by atoms with van der Waals surface area (Å²) in [5.41, 5.74) is 0. The van der Waals surface area contributed by atoms with E-state index in [9.17, 15) is 14.4 Å². The summed E-state index contributed by atoms with van der Waals surface area (Å²) in [4.78, 5) is 34.9. The van der Waals surface area contributed by atoms with Crippen LogP contribution >= 0.6 is 11.9 Å².